The summed E-state index contributed by atoms with van der Waals surface area (Å²) in [6.07, 6.45) is -12.2. The topological polar surface area (TPSA) is 79.2 Å². The van der Waals surface area contributed by atoms with Crippen molar-refractivity contribution in [3.63, 3.8) is 0 Å². The lowest BCUT2D eigenvalue weighted by atomic mass is 9.90. The summed E-state index contributed by atoms with van der Waals surface area (Å²) >= 11 is 6.22. The second-order valence-electron chi connectivity index (χ2n) is 6.92. The number of aliphatic hydroxyl groups is 3. The normalized spacial score (nSPS) is 27.1. The van der Waals surface area contributed by atoms with Crippen molar-refractivity contribution in [2.75, 3.05) is 6.61 Å². The average molecular weight is 451 g/mol. The van der Waals surface area contributed by atoms with Crippen LogP contribution >= 0.6 is 11.6 Å². The SMILES string of the molecule is OCC1OC(c2ccc(Cl)c(Cc3ccc(OC(F)(F)F)cc3)c2)C(O)C(O)C1F. The Labute approximate surface area is 174 Å². The van der Waals surface area contributed by atoms with Gasteiger partial charge in [0.05, 0.1) is 6.61 Å². The number of benzene rings is 2. The lowest BCUT2D eigenvalue weighted by Crippen LogP contribution is -2.53. The predicted molar refractivity (Wildman–Crippen MR) is 99.0 cm³/mol. The fourth-order valence-corrected chi connectivity index (χ4v) is 3.47. The van der Waals surface area contributed by atoms with E-state index in [2.05, 4.69) is 4.74 Å². The van der Waals surface area contributed by atoms with Crippen molar-refractivity contribution < 1.29 is 42.4 Å². The Morgan fingerprint density at radius 3 is 2.30 bits per heavy atom. The van der Waals surface area contributed by atoms with Gasteiger partial charge in [-0.05, 0) is 41.3 Å². The Balaban J connectivity index is 1.80. The minimum absolute atomic E-state index is 0.250. The van der Waals surface area contributed by atoms with Crippen molar-refractivity contribution in [1.29, 1.82) is 0 Å². The lowest BCUT2D eigenvalue weighted by Gasteiger charge is -2.39. The number of alkyl halides is 4. The van der Waals surface area contributed by atoms with Gasteiger partial charge in [0, 0.05) is 5.02 Å². The Morgan fingerprint density at radius 1 is 1.03 bits per heavy atom. The molecular weight excluding hydrogens is 432 g/mol. The molecule has 1 saturated heterocycles. The van der Waals surface area contributed by atoms with Crippen molar-refractivity contribution in [3.8, 4) is 5.75 Å². The van der Waals surface area contributed by atoms with E-state index in [0.29, 0.717) is 21.7 Å². The number of aliphatic hydroxyl groups excluding tert-OH is 3. The van der Waals surface area contributed by atoms with Gasteiger partial charge in [-0.2, -0.15) is 0 Å². The molecule has 0 radical (unpaired) electrons. The zero-order chi connectivity index (χ0) is 22.1. The van der Waals surface area contributed by atoms with Gasteiger partial charge >= 0.3 is 6.36 Å². The zero-order valence-corrected chi connectivity index (χ0v) is 16.1. The van der Waals surface area contributed by atoms with E-state index in [1.54, 1.807) is 12.1 Å². The maximum Gasteiger partial charge on any atom is 0.573 e. The van der Waals surface area contributed by atoms with Crippen LogP contribution in [0.2, 0.25) is 5.02 Å². The van der Waals surface area contributed by atoms with Crippen LogP contribution in [0.4, 0.5) is 17.6 Å². The second-order valence-corrected chi connectivity index (χ2v) is 7.33. The van der Waals surface area contributed by atoms with Gasteiger partial charge in [0.1, 0.15) is 30.2 Å². The van der Waals surface area contributed by atoms with Crippen LogP contribution in [0.5, 0.6) is 5.75 Å². The summed E-state index contributed by atoms with van der Waals surface area (Å²) in [6, 6.07) is 9.93. The first kappa shape index (κ1) is 22.8. The fourth-order valence-electron chi connectivity index (χ4n) is 3.29. The molecular formula is C20H19ClF4O5. The number of hydrogen-bond donors (Lipinski definition) is 3. The van der Waals surface area contributed by atoms with Gasteiger partial charge in [0.25, 0.3) is 0 Å². The summed E-state index contributed by atoms with van der Waals surface area (Å²) in [5.74, 6) is -0.352. The molecule has 1 heterocycles. The maximum absolute atomic E-state index is 14.0. The van der Waals surface area contributed by atoms with Gasteiger partial charge in [-0.25, -0.2) is 4.39 Å². The van der Waals surface area contributed by atoms with Crippen LogP contribution in [0.15, 0.2) is 42.5 Å². The van der Waals surface area contributed by atoms with E-state index in [4.69, 9.17) is 16.3 Å². The standard InChI is InChI=1S/C20H19ClF4O5/c21-14-6-3-11(19-18(28)17(27)16(22)15(9-26)29-19)8-12(14)7-10-1-4-13(5-2-10)30-20(23,24)25/h1-6,8,15-19,26-28H,7,9H2. The van der Waals surface area contributed by atoms with Crippen LogP contribution in [0.3, 0.4) is 0 Å². The summed E-state index contributed by atoms with van der Waals surface area (Å²) in [5.41, 5.74) is 1.63. The first-order valence-electron chi connectivity index (χ1n) is 8.98. The molecule has 3 N–H and O–H groups in total. The van der Waals surface area contributed by atoms with Crippen LogP contribution in [-0.4, -0.2) is 52.8 Å². The molecule has 5 nitrogen and oxygen atoms in total. The van der Waals surface area contributed by atoms with Gasteiger partial charge in [-0.1, -0.05) is 35.9 Å². The maximum atomic E-state index is 14.0. The largest absolute Gasteiger partial charge is 0.573 e. The number of halogens is 5. The highest BCUT2D eigenvalue weighted by molar-refractivity contribution is 6.31. The Hall–Kier alpha value is -1.91. The van der Waals surface area contributed by atoms with E-state index >= 15 is 0 Å². The molecule has 1 aliphatic rings. The van der Waals surface area contributed by atoms with E-state index < -0.39 is 43.6 Å². The van der Waals surface area contributed by atoms with Gasteiger partial charge in [-0.15, -0.1) is 13.2 Å². The summed E-state index contributed by atoms with van der Waals surface area (Å²) in [5, 5.41) is 29.7. The monoisotopic (exact) mass is 450 g/mol. The van der Waals surface area contributed by atoms with Crippen LogP contribution in [0, 0.1) is 0 Å². The number of rotatable bonds is 5. The highest BCUT2D eigenvalue weighted by Gasteiger charge is 2.45. The number of hydrogen-bond acceptors (Lipinski definition) is 5. The van der Waals surface area contributed by atoms with Crippen LogP contribution in [-0.2, 0) is 11.2 Å². The summed E-state index contributed by atoms with van der Waals surface area (Å²) in [4.78, 5) is 0. The van der Waals surface area contributed by atoms with Crippen LogP contribution < -0.4 is 4.74 Å². The summed E-state index contributed by atoms with van der Waals surface area (Å²) in [7, 11) is 0. The molecule has 0 bridgehead atoms. The quantitative estimate of drug-likeness (QED) is 0.609. The van der Waals surface area contributed by atoms with E-state index in [9.17, 15) is 32.9 Å². The lowest BCUT2D eigenvalue weighted by molar-refractivity contribution is -0.274. The van der Waals surface area contributed by atoms with Crippen molar-refractivity contribution in [3.05, 3.63) is 64.2 Å². The molecule has 0 aliphatic carbocycles. The molecule has 5 atom stereocenters. The van der Waals surface area contributed by atoms with Crippen molar-refractivity contribution >= 4 is 11.6 Å². The first-order valence-corrected chi connectivity index (χ1v) is 9.36. The average Bonchev–Trinajstić information content (AvgIpc) is 2.69. The molecule has 30 heavy (non-hydrogen) atoms. The zero-order valence-electron chi connectivity index (χ0n) is 15.4. The van der Waals surface area contributed by atoms with Gasteiger partial charge in [0.2, 0.25) is 0 Å². The molecule has 0 aromatic heterocycles. The molecule has 5 unspecified atom stereocenters. The third-order valence-electron chi connectivity index (χ3n) is 4.79. The van der Waals surface area contributed by atoms with Crippen LogP contribution in [0.1, 0.15) is 22.8 Å². The van der Waals surface area contributed by atoms with Crippen LogP contribution in [0.25, 0.3) is 0 Å². The molecule has 164 valence electrons. The Kier molecular flexibility index (Phi) is 6.88. The number of ether oxygens (including phenoxy) is 2. The third-order valence-corrected chi connectivity index (χ3v) is 5.16. The molecule has 10 heteroatoms. The smallest absolute Gasteiger partial charge is 0.406 e. The Morgan fingerprint density at radius 2 is 1.70 bits per heavy atom. The summed E-state index contributed by atoms with van der Waals surface area (Å²) < 4.78 is 60.0. The molecule has 0 amide bonds. The highest BCUT2D eigenvalue weighted by Crippen LogP contribution is 2.35. The molecule has 3 rings (SSSR count). The van der Waals surface area contributed by atoms with Crippen molar-refractivity contribution in [2.45, 2.75) is 43.4 Å². The van der Waals surface area contributed by atoms with E-state index in [1.807, 2.05) is 0 Å². The highest BCUT2D eigenvalue weighted by atomic mass is 35.5. The van der Waals surface area contributed by atoms with Crippen molar-refractivity contribution in [2.24, 2.45) is 0 Å². The Bertz CT molecular complexity index is 859. The molecule has 0 spiro atoms. The van der Waals surface area contributed by atoms with Gasteiger partial charge in [0.15, 0.2) is 6.17 Å². The van der Waals surface area contributed by atoms with Gasteiger partial charge in [-0.3, -0.25) is 0 Å². The first-order chi connectivity index (χ1) is 14.1. The van der Waals surface area contributed by atoms with E-state index in [0.717, 1.165) is 0 Å². The predicted octanol–water partition coefficient (Wildman–Crippen LogP) is 3.32. The minimum Gasteiger partial charge on any atom is -0.406 e. The minimum atomic E-state index is -4.78. The van der Waals surface area contributed by atoms with Gasteiger partial charge < -0.3 is 24.8 Å². The third kappa shape index (κ3) is 5.22. The molecule has 1 fully saturated rings. The molecule has 2 aromatic rings. The van der Waals surface area contributed by atoms with E-state index in [-0.39, 0.29) is 12.2 Å². The molecule has 2 aromatic carbocycles. The fraction of sp³-hybridized carbons (Fsp3) is 0.400. The molecule has 0 saturated carbocycles. The molecule has 1 aliphatic heterocycles. The second kappa shape index (κ2) is 9.07. The van der Waals surface area contributed by atoms with E-state index in [1.165, 1.54) is 30.3 Å². The summed E-state index contributed by atoms with van der Waals surface area (Å²) in [6.45, 7) is -0.672. The van der Waals surface area contributed by atoms with Crippen molar-refractivity contribution in [1.82, 2.24) is 0 Å².